The number of carbonyl (C=O) groups is 1. The standard InChI is InChI=1S/C17H18N6O/c1-10-7-8-19-17-21-15(22-23(10)17)16(24)20-14-4-2-3-11-9-12(18)5-6-13(11)14/h5-9,14H,2-4,18H2,1H3,(H,20,24). The number of nitrogens with one attached hydrogen (secondary N) is 1. The van der Waals surface area contributed by atoms with Crippen LogP contribution in [0, 0.1) is 6.92 Å². The first-order valence-electron chi connectivity index (χ1n) is 7.99. The zero-order valence-corrected chi connectivity index (χ0v) is 13.4. The summed E-state index contributed by atoms with van der Waals surface area (Å²) in [5, 5.41) is 7.30. The van der Waals surface area contributed by atoms with E-state index in [0.717, 1.165) is 36.2 Å². The summed E-state index contributed by atoms with van der Waals surface area (Å²) >= 11 is 0. The van der Waals surface area contributed by atoms with E-state index in [1.54, 1.807) is 10.7 Å². The number of aromatic nitrogens is 4. The Morgan fingerprint density at radius 1 is 1.38 bits per heavy atom. The third-order valence-electron chi connectivity index (χ3n) is 4.42. The smallest absolute Gasteiger partial charge is 0.291 e. The van der Waals surface area contributed by atoms with Crippen molar-refractivity contribution in [1.82, 2.24) is 24.9 Å². The Bertz CT molecular complexity index is 932. The van der Waals surface area contributed by atoms with Gasteiger partial charge >= 0.3 is 0 Å². The van der Waals surface area contributed by atoms with Crippen LogP contribution in [0.3, 0.4) is 0 Å². The van der Waals surface area contributed by atoms with Gasteiger partial charge in [0.15, 0.2) is 0 Å². The number of aryl methyl sites for hydroxylation is 2. The third kappa shape index (κ3) is 2.47. The van der Waals surface area contributed by atoms with Gasteiger partial charge < -0.3 is 11.1 Å². The fourth-order valence-electron chi connectivity index (χ4n) is 3.21. The van der Waals surface area contributed by atoms with Crippen LogP contribution in [0.25, 0.3) is 5.78 Å². The number of benzene rings is 1. The zero-order valence-electron chi connectivity index (χ0n) is 13.4. The maximum atomic E-state index is 12.6. The van der Waals surface area contributed by atoms with Gasteiger partial charge in [-0.2, -0.15) is 4.98 Å². The van der Waals surface area contributed by atoms with E-state index < -0.39 is 0 Å². The maximum absolute atomic E-state index is 12.6. The van der Waals surface area contributed by atoms with E-state index in [2.05, 4.69) is 20.4 Å². The van der Waals surface area contributed by atoms with Gasteiger partial charge in [-0.25, -0.2) is 9.50 Å². The first-order valence-corrected chi connectivity index (χ1v) is 7.99. The van der Waals surface area contributed by atoms with Gasteiger partial charge in [0.25, 0.3) is 11.7 Å². The molecule has 1 aliphatic rings. The lowest BCUT2D eigenvalue weighted by Gasteiger charge is -2.26. The Morgan fingerprint density at radius 3 is 3.08 bits per heavy atom. The van der Waals surface area contributed by atoms with Crippen molar-refractivity contribution in [2.45, 2.75) is 32.2 Å². The van der Waals surface area contributed by atoms with Gasteiger partial charge in [-0.15, -0.1) is 5.10 Å². The van der Waals surface area contributed by atoms with E-state index in [-0.39, 0.29) is 17.8 Å². The molecule has 7 heteroatoms. The Morgan fingerprint density at radius 2 is 2.25 bits per heavy atom. The minimum Gasteiger partial charge on any atom is -0.399 e. The summed E-state index contributed by atoms with van der Waals surface area (Å²) < 4.78 is 1.57. The van der Waals surface area contributed by atoms with Crippen molar-refractivity contribution in [1.29, 1.82) is 0 Å². The first kappa shape index (κ1) is 14.6. The maximum Gasteiger partial charge on any atom is 0.291 e. The quantitative estimate of drug-likeness (QED) is 0.701. The van der Waals surface area contributed by atoms with E-state index in [4.69, 9.17) is 5.73 Å². The summed E-state index contributed by atoms with van der Waals surface area (Å²) in [6.07, 6.45) is 4.55. The Kier molecular flexibility index (Phi) is 3.41. The SMILES string of the molecule is Cc1ccnc2nc(C(=O)NC3CCCc4cc(N)ccc43)nn12. The molecule has 0 radical (unpaired) electrons. The number of hydrogen-bond acceptors (Lipinski definition) is 5. The molecule has 0 saturated carbocycles. The van der Waals surface area contributed by atoms with Gasteiger partial charge in [0.2, 0.25) is 5.82 Å². The first-order chi connectivity index (χ1) is 11.6. The fourth-order valence-corrected chi connectivity index (χ4v) is 3.21. The topological polar surface area (TPSA) is 98.2 Å². The molecular weight excluding hydrogens is 304 g/mol. The van der Waals surface area contributed by atoms with Gasteiger partial charge in [0.1, 0.15) is 0 Å². The normalized spacial score (nSPS) is 16.8. The molecule has 0 aliphatic heterocycles. The fraction of sp³-hybridized carbons (Fsp3) is 0.294. The summed E-state index contributed by atoms with van der Waals surface area (Å²) in [4.78, 5) is 20.9. The molecule has 1 aromatic carbocycles. The summed E-state index contributed by atoms with van der Waals surface area (Å²) in [6, 6.07) is 7.65. The number of hydrogen-bond donors (Lipinski definition) is 2. The molecule has 7 nitrogen and oxygen atoms in total. The molecular formula is C17H18N6O. The number of amides is 1. The zero-order chi connectivity index (χ0) is 16.7. The second kappa shape index (κ2) is 5.59. The van der Waals surface area contributed by atoms with Crippen LogP contribution in [0.4, 0.5) is 5.69 Å². The summed E-state index contributed by atoms with van der Waals surface area (Å²) in [6.45, 7) is 1.90. The van der Waals surface area contributed by atoms with Crippen molar-refractivity contribution in [3.05, 3.63) is 53.1 Å². The largest absolute Gasteiger partial charge is 0.399 e. The van der Waals surface area contributed by atoms with Gasteiger partial charge in [-0.1, -0.05) is 6.07 Å². The van der Waals surface area contributed by atoms with Crippen LogP contribution in [0.2, 0.25) is 0 Å². The molecule has 2 aromatic heterocycles. The molecule has 3 aromatic rings. The minimum atomic E-state index is -0.283. The lowest BCUT2D eigenvalue weighted by molar-refractivity contribution is 0.0922. The lowest BCUT2D eigenvalue weighted by atomic mass is 9.87. The van der Waals surface area contributed by atoms with Crippen molar-refractivity contribution >= 4 is 17.4 Å². The number of rotatable bonds is 2. The molecule has 1 aliphatic carbocycles. The molecule has 0 spiro atoms. The van der Waals surface area contributed by atoms with Gasteiger partial charge in [0, 0.05) is 17.6 Å². The number of anilines is 1. The molecule has 0 fully saturated rings. The average Bonchev–Trinajstić information content (AvgIpc) is 3.00. The minimum absolute atomic E-state index is 0.0393. The summed E-state index contributed by atoms with van der Waals surface area (Å²) in [7, 11) is 0. The predicted octanol–water partition coefficient (Wildman–Crippen LogP) is 1.82. The van der Waals surface area contributed by atoms with E-state index in [1.807, 2.05) is 31.2 Å². The molecule has 0 saturated heterocycles. The highest BCUT2D eigenvalue weighted by Gasteiger charge is 2.24. The molecule has 4 rings (SSSR count). The molecule has 1 unspecified atom stereocenters. The molecule has 1 amide bonds. The number of nitrogen functional groups attached to an aromatic ring is 1. The highest BCUT2D eigenvalue weighted by molar-refractivity contribution is 5.91. The van der Waals surface area contributed by atoms with Gasteiger partial charge in [0.05, 0.1) is 6.04 Å². The van der Waals surface area contributed by atoms with Crippen LogP contribution >= 0.6 is 0 Å². The number of nitrogens with two attached hydrogens (primary N) is 1. The van der Waals surface area contributed by atoms with Crippen LogP contribution < -0.4 is 11.1 Å². The number of nitrogens with zero attached hydrogens (tertiary/aromatic N) is 4. The van der Waals surface area contributed by atoms with E-state index in [0.29, 0.717) is 5.78 Å². The highest BCUT2D eigenvalue weighted by atomic mass is 16.2. The summed E-state index contributed by atoms with van der Waals surface area (Å²) in [5.41, 5.74) is 9.82. The van der Waals surface area contributed by atoms with Crippen molar-refractivity contribution in [3.63, 3.8) is 0 Å². The second-order valence-corrected chi connectivity index (χ2v) is 6.11. The molecule has 2 heterocycles. The van der Waals surface area contributed by atoms with Crippen molar-refractivity contribution in [2.75, 3.05) is 5.73 Å². The average molecular weight is 322 g/mol. The molecule has 0 bridgehead atoms. The van der Waals surface area contributed by atoms with Gasteiger partial charge in [-0.05, 0) is 55.5 Å². The second-order valence-electron chi connectivity index (χ2n) is 6.11. The molecule has 24 heavy (non-hydrogen) atoms. The number of carbonyl (C=O) groups excluding carboxylic acids is 1. The highest BCUT2D eigenvalue weighted by Crippen LogP contribution is 2.31. The predicted molar refractivity (Wildman–Crippen MR) is 89.5 cm³/mol. The Labute approximate surface area is 138 Å². The molecule has 1 atom stereocenters. The molecule has 3 N–H and O–H groups in total. The lowest BCUT2D eigenvalue weighted by Crippen LogP contribution is -2.31. The van der Waals surface area contributed by atoms with Crippen molar-refractivity contribution < 1.29 is 4.79 Å². The van der Waals surface area contributed by atoms with Crippen LogP contribution in [0.15, 0.2) is 30.5 Å². The van der Waals surface area contributed by atoms with Crippen LogP contribution in [0.5, 0.6) is 0 Å². The number of fused-ring (bicyclic) bond motifs is 2. The Balaban J connectivity index is 1.61. The van der Waals surface area contributed by atoms with Crippen molar-refractivity contribution in [3.8, 4) is 0 Å². The van der Waals surface area contributed by atoms with Crippen LogP contribution in [-0.2, 0) is 6.42 Å². The molecule has 122 valence electrons. The van der Waals surface area contributed by atoms with Crippen LogP contribution in [0.1, 0.15) is 46.3 Å². The van der Waals surface area contributed by atoms with E-state index in [9.17, 15) is 4.79 Å². The van der Waals surface area contributed by atoms with E-state index >= 15 is 0 Å². The van der Waals surface area contributed by atoms with Gasteiger partial charge in [-0.3, -0.25) is 4.79 Å². The van der Waals surface area contributed by atoms with Crippen LogP contribution in [-0.4, -0.2) is 25.5 Å². The third-order valence-corrected chi connectivity index (χ3v) is 4.42. The Hall–Kier alpha value is -2.96. The van der Waals surface area contributed by atoms with Crippen molar-refractivity contribution in [2.24, 2.45) is 0 Å². The monoisotopic (exact) mass is 322 g/mol. The van der Waals surface area contributed by atoms with E-state index in [1.165, 1.54) is 5.56 Å². The summed E-state index contributed by atoms with van der Waals surface area (Å²) in [5.74, 6) is 0.283.